The van der Waals surface area contributed by atoms with Gasteiger partial charge in [0.15, 0.2) is 11.9 Å². The van der Waals surface area contributed by atoms with Crippen LogP contribution in [0.3, 0.4) is 0 Å². The van der Waals surface area contributed by atoms with Gasteiger partial charge in [0.05, 0.1) is 6.04 Å². The third-order valence-electron chi connectivity index (χ3n) is 6.49. The second-order valence-corrected chi connectivity index (χ2v) is 10.7. The normalized spacial score (nSPS) is 14.2. The van der Waals surface area contributed by atoms with Crippen LogP contribution in [0.25, 0.3) is 0 Å². The van der Waals surface area contributed by atoms with Crippen molar-refractivity contribution in [2.75, 3.05) is 19.6 Å². The molecule has 0 saturated carbocycles. The van der Waals surface area contributed by atoms with E-state index in [9.17, 15) is 29.1 Å². The van der Waals surface area contributed by atoms with Crippen LogP contribution < -0.4 is 55.7 Å². The van der Waals surface area contributed by atoms with Crippen LogP contribution in [-0.2, 0) is 24.0 Å². The van der Waals surface area contributed by atoms with E-state index in [2.05, 4.69) is 31.3 Å². The van der Waals surface area contributed by atoms with Crippen molar-refractivity contribution >= 4 is 41.5 Å². The van der Waals surface area contributed by atoms with Crippen molar-refractivity contribution < 1.29 is 29.1 Å². The number of nitrogens with zero attached hydrogens (tertiary/aromatic N) is 2. The molecule has 0 saturated heterocycles. The summed E-state index contributed by atoms with van der Waals surface area (Å²) in [6.45, 7) is 5.62. The number of carbonyl (C=O) groups is 5. The minimum atomic E-state index is -1.24. The maximum absolute atomic E-state index is 13.4. The lowest BCUT2D eigenvalue weighted by Crippen LogP contribution is -2.58. The van der Waals surface area contributed by atoms with Gasteiger partial charge in [0.2, 0.25) is 23.6 Å². The molecule has 0 spiro atoms. The van der Waals surface area contributed by atoms with E-state index in [1.807, 2.05) is 0 Å². The minimum absolute atomic E-state index is 0.0533. The Kier molecular flexibility index (Phi) is 19.4. The quantitative estimate of drug-likeness (QED) is 0.0313. The van der Waals surface area contributed by atoms with Crippen molar-refractivity contribution in [1.82, 2.24) is 21.3 Å². The van der Waals surface area contributed by atoms with Crippen LogP contribution in [0.2, 0.25) is 0 Å². The Morgan fingerprint density at radius 1 is 0.636 bits per heavy atom. The van der Waals surface area contributed by atoms with Crippen molar-refractivity contribution in [3.63, 3.8) is 0 Å². The molecule has 0 aliphatic rings. The summed E-state index contributed by atoms with van der Waals surface area (Å²) in [5, 5.41) is 19.8. The predicted molar refractivity (Wildman–Crippen MR) is 167 cm³/mol. The van der Waals surface area contributed by atoms with Gasteiger partial charge in [0, 0.05) is 13.1 Å². The predicted octanol–water partition coefficient (Wildman–Crippen LogP) is -3.75. The van der Waals surface area contributed by atoms with Crippen molar-refractivity contribution in [2.24, 2.45) is 50.3 Å². The lowest BCUT2D eigenvalue weighted by Gasteiger charge is -2.26. The molecule has 4 amide bonds. The number of aliphatic carboxylic acids is 1. The second kappa shape index (κ2) is 21.5. The highest BCUT2D eigenvalue weighted by molar-refractivity contribution is 5.95. The molecule has 0 aromatic heterocycles. The number of hydrogen-bond donors (Lipinski definition) is 11. The van der Waals surface area contributed by atoms with Crippen molar-refractivity contribution in [3.05, 3.63) is 0 Å². The van der Waals surface area contributed by atoms with Gasteiger partial charge in [-0.3, -0.25) is 29.2 Å². The maximum Gasteiger partial charge on any atom is 0.326 e. The molecule has 17 N–H and O–H groups in total. The molecule has 0 aromatic rings. The molecule has 0 heterocycles. The van der Waals surface area contributed by atoms with Crippen molar-refractivity contribution in [3.8, 4) is 0 Å². The zero-order chi connectivity index (χ0) is 33.8. The monoisotopic (exact) mass is 628 g/mol. The van der Waals surface area contributed by atoms with E-state index in [4.69, 9.17) is 34.4 Å². The van der Waals surface area contributed by atoms with Crippen LogP contribution in [0.1, 0.15) is 65.7 Å². The molecule has 18 nitrogen and oxygen atoms in total. The Balaban J connectivity index is 5.88. The summed E-state index contributed by atoms with van der Waals surface area (Å²) in [5.74, 6) is -4.38. The number of nitrogens with one attached hydrogen (secondary N) is 4. The van der Waals surface area contributed by atoms with Gasteiger partial charge in [0.1, 0.15) is 24.2 Å². The first-order chi connectivity index (χ1) is 20.6. The number of unbranched alkanes of at least 4 members (excludes halogenated alkanes) is 1. The molecule has 0 aliphatic heterocycles. The molecule has 44 heavy (non-hydrogen) atoms. The summed E-state index contributed by atoms with van der Waals surface area (Å²) in [4.78, 5) is 71.4. The Bertz CT molecular complexity index is 998. The van der Waals surface area contributed by atoms with Gasteiger partial charge in [-0.1, -0.05) is 13.8 Å². The number of carbonyl (C=O) groups excluding carboxylic acids is 4. The molecule has 5 atom stereocenters. The molecule has 0 bridgehead atoms. The number of carboxylic acid groups (broad SMARTS) is 1. The molecule has 0 aliphatic carbocycles. The second-order valence-electron chi connectivity index (χ2n) is 10.7. The van der Waals surface area contributed by atoms with Gasteiger partial charge in [-0.05, 0) is 64.3 Å². The van der Waals surface area contributed by atoms with Crippen LogP contribution in [-0.4, -0.2) is 96.5 Å². The first-order valence-electron chi connectivity index (χ1n) is 14.6. The highest BCUT2D eigenvalue weighted by atomic mass is 16.4. The van der Waals surface area contributed by atoms with Gasteiger partial charge in [-0.15, -0.1) is 0 Å². The molecular weight excluding hydrogens is 576 g/mol. The Labute approximate surface area is 257 Å². The molecule has 0 aromatic carbocycles. The number of aliphatic imine (C=N–C) groups is 2. The van der Waals surface area contributed by atoms with Crippen LogP contribution in [0.4, 0.5) is 0 Å². The van der Waals surface area contributed by atoms with E-state index < -0.39 is 59.8 Å². The molecule has 0 radical (unpaired) electrons. The molecule has 0 fully saturated rings. The van der Waals surface area contributed by atoms with Gasteiger partial charge in [0.25, 0.3) is 0 Å². The largest absolute Gasteiger partial charge is 0.480 e. The molecule has 252 valence electrons. The van der Waals surface area contributed by atoms with E-state index in [1.165, 1.54) is 6.92 Å². The fourth-order valence-electron chi connectivity index (χ4n) is 3.81. The zero-order valence-electron chi connectivity index (χ0n) is 25.9. The van der Waals surface area contributed by atoms with Gasteiger partial charge in [-0.25, -0.2) is 4.79 Å². The number of amides is 4. The highest BCUT2D eigenvalue weighted by Gasteiger charge is 2.30. The van der Waals surface area contributed by atoms with E-state index >= 15 is 0 Å². The lowest BCUT2D eigenvalue weighted by atomic mass is 10.0. The van der Waals surface area contributed by atoms with Gasteiger partial charge < -0.3 is 60.8 Å². The number of nitrogens with two attached hydrogens (primary N) is 6. The van der Waals surface area contributed by atoms with Crippen molar-refractivity contribution in [1.29, 1.82) is 0 Å². The molecule has 18 heteroatoms. The summed E-state index contributed by atoms with van der Waals surface area (Å²) >= 11 is 0. The molecule has 0 rings (SSSR count). The summed E-state index contributed by atoms with van der Waals surface area (Å²) < 4.78 is 0. The number of rotatable bonds is 22. The van der Waals surface area contributed by atoms with E-state index in [-0.39, 0.29) is 63.0 Å². The zero-order valence-corrected chi connectivity index (χ0v) is 25.9. The summed E-state index contributed by atoms with van der Waals surface area (Å²) in [5.41, 5.74) is 32.8. The van der Waals surface area contributed by atoms with Crippen molar-refractivity contribution in [2.45, 2.75) is 95.9 Å². The first kappa shape index (κ1) is 39.8. The highest BCUT2D eigenvalue weighted by Crippen LogP contribution is 2.07. The number of guanidine groups is 2. The SMILES string of the molecule is CC(C)[C@H](N)C(=O)N[C@@H](C)C(=O)N[C@@H](CCCN=C(N)N)C(=O)N[C@@H](CCCN=C(N)N)C(=O)N[C@@H](CCCCN)C(=O)O. The van der Waals surface area contributed by atoms with Gasteiger partial charge in [-0.2, -0.15) is 0 Å². The Hall–Kier alpha value is -4.19. The minimum Gasteiger partial charge on any atom is -0.480 e. The van der Waals surface area contributed by atoms with E-state index in [0.717, 1.165) is 0 Å². The Morgan fingerprint density at radius 3 is 1.48 bits per heavy atom. The summed E-state index contributed by atoms with van der Waals surface area (Å²) in [6, 6.07) is -5.44. The number of carboxylic acids is 1. The topological polar surface area (TPSA) is 335 Å². The molecular formula is C26H52N12O6. The number of hydrogen-bond acceptors (Lipinski definition) is 9. The summed E-state index contributed by atoms with van der Waals surface area (Å²) in [7, 11) is 0. The van der Waals surface area contributed by atoms with Crippen LogP contribution in [0, 0.1) is 5.92 Å². The van der Waals surface area contributed by atoms with Crippen LogP contribution in [0.15, 0.2) is 9.98 Å². The average Bonchev–Trinajstić information content (AvgIpc) is 2.94. The lowest BCUT2D eigenvalue weighted by molar-refractivity contribution is -0.142. The standard InChI is InChI=1S/C26H52N12O6/c1-14(2)19(28)23(42)35-15(3)20(39)36-16(9-6-12-33-25(29)30)21(40)37-17(10-7-13-34-26(31)32)22(41)38-18(24(43)44)8-4-5-11-27/h14-19H,4-13,27-28H2,1-3H3,(H,35,42)(H,36,39)(H,37,40)(H,38,41)(H,43,44)(H4,29,30,33)(H4,31,32,34)/t15-,16-,17-,18-,19-/m0/s1. The fraction of sp³-hybridized carbons (Fsp3) is 0.731. The third kappa shape index (κ3) is 17.1. The first-order valence-corrected chi connectivity index (χ1v) is 14.6. The van der Waals surface area contributed by atoms with Crippen LogP contribution in [0.5, 0.6) is 0 Å². The average molecular weight is 629 g/mol. The van der Waals surface area contributed by atoms with E-state index in [1.54, 1.807) is 13.8 Å². The van der Waals surface area contributed by atoms with Gasteiger partial charge >= 0.3 is 5.97 Å². The third-order valence-corrected chi connectivity index (χ3v) is 6.49. The van der Waals surface area contributed by atoms with Crippen LogP contribution >= 0.6 is 0 Å². The maximum atomic E-state index is 13.4. The van der Waals surface area contributed by atoms with E-state index in [0.29, 0.717) is 19.4 Å². The fourth-order valence-corrected chi connectivity index (χ4v) is 3.81. The summed E-state index contributed by atoms with van der Waals surface area (Å²) in [6.07, 6.45) is 1.84. The smallest absolute Gasteiger partial charge is 0.326 e. The Morgan fingerprint density at radius 2 is 1.07 bits per heavy atom. The molecule has 0 unspecified atom stereocenters.